The number of nitrogens with two attached hydrogens (primary N) is 1. The van der Waals surface area contributed by atoms with Crippen LogP contribution < -0.4 is 10.6 Å². The average molecular weight is 260 g/mol. The highest BCUT2D eigenvalue weighted by Crippen LogP contribution is 2.29. The van der Waals surface area contributed by atoms with Crippen LogP contribution in [0.2, 0.25) is 0 Å². The second-order valence-electron chi connectivity index (χ2n) is 6.06. The van der Waals surface area contributed by atoms with Gasteiger partial charge in [0, 0.05) is 30.4 Å². The van der Waals surface area contributed by atoms with Crippen molar-refractivity contribution in [3.8, 4) is 0 Å². The Morgan fingerprint density at radius 1 is 1.21 bits per heavy atom. The molecule has 0 amide bonds. The molecule has 1 aromatic heterocycles. The summed E-state index contributed by atoms with van der Waals surface area (Å²) in [4.78, 5) is 11.5. The summed E-state index contributed by atoms with van der Waals surface area (Å²) in [6.07, 6.45) is 8.94. The van der Waals surface area contributed by atoms with Gasteiger partial charge in [-0.1, -0.05) is 13.3 Å². The zero-order valence-corrected chi connectivity index (χ0v) is 11.8. The first kappa shape index (κ1) is 12.9. The van der Waals surface area contributed by atoms with Crippen molar-refractivity contribution in [2.24, 2.45) is 11.7 Å². The molecule has 1 fully saturated rings. The van der Waals surface area contributed by atoms with Gasteiger partial charge in [-0.2, -0.15) is 0 Å². The maximum Gasteiger partial charge on any atom is 0.135 e. The van der Waals surface area contributed by atoms with E-state index >= 15 is 0 Å². The highest BCUT2D eigenvalue weighted by Gasteiger charge is 2.26. The molecule has 4 nitrogen and oxygen atoms in total. The predicted molar refractivity (Wildman–Crippen MR) is 77.3 cm³/mol. The van der Waals surface area contributed by atoms with Crippen LogP contribution in [0.25, 0.3) is 0 Å². The fraction of sp³-hybridized carbons (Fsp3) is 0.733. The number of aryl methyl sites for hydroxylation is 1. The Kier molecular flexibility index (Phi) is 3.69. The SMILES string of the molecule is CC1CN(c2ncnc3c2CCCCC3)CCC1N. The summed E-state index contributed by atoms with van der Waals surface area (Å²) < 4.78 is 0. The zero-order valence-electron chi connectivity index (χ0n) is 11.8. The number of nitrogens with zero attached hydrogens (tertiary/aromatic N) is 3. The summed E-state index contributed by atoms with van der Waals surface area (Å²) in [5, 5.41) is 0. The van der Waals surface area contributed by atoms with Gasteiger partial charge in [0.2, 0.25) is 0 Å². The lowest BCUT2D eigenvalue weighted by Gasteiger charge is -2.36. The first-order valence-corrected chi connectivity index (χ1v) is 7.59. The van der Waals surface area contributed by atoms with E-state index in [1.165, 1.54) is 36.3 Å². The molecule has 0 bridgehead atoms. The largest absolute Gasteiger partial charge is 0.356 e. The number of rotatable bonds is 1. The third-order valence-corrected chi connectivity index (χ3v) is 4.62. The molecule has 1 aliphatic carbocycles. The summed E-state index contributed by atoms with van der Waals surface area (Å²) in [5.41, 5.74) is 8.81. The van der Waals surface area contributed by atoms with Crippen LogP contribution in [-0.2, 0) is 12.8 Å². The maximum atomic E-state index is 6.12. The van der Waals surface area contributed by atoms with Crippen LogP contribution in [-0.4, -0.2) is 29.1 Å². The number of aromatic nitrogens is 2. The predicted octanol–water partition coefficient (Wildman–Crippen LogP) is 1.92. The Hall–Kier alpha value is -1.16. The molecule has 2 heterocycles. The molecular weight excluding hydrogens is 236 g/mol. The van der Waals surface area contributed by atoms with Gasteiger partial charge in [-0.25, -0.2) is 9.97 Å². The zero-order chi connectivity index (χ0) is 13.2. The quantitative estimate of drug-likeness (QED) is 0.784. The van der Waals surface area contributed by atoms with Gasteiger partial charge in [-0.05, 0) is 38.0 Å². The van der Waals surface area contributed by atoms with Crippen LogP contribution in [0, 0.1) is 5.92 Å². The molecule has 0 radical (unpaired) electrons. The normalized spacial score (nSPS) is 27.8. The molecule has 1 aromatic rings. The number of anilines is 1. The van der Waals surface area contributed by atoms with E-state index in [1.54, 1.807) is 6.33 Å². The Labute approximate surface area is 115 Å². The number of hydrogen-bond acceptors (Lipinski definition) is 4. The van der Waals surface area contributed by atoms with Crippen LogP contribution in [0.15, 0.2) is 6.33 Å². The molecule has 3 rings (SSSR count). The summed E-state index contributed by atoms with van der Waals surface area (Å²) in [6.45, 7) is 4.32. The Balaban J connectivity index is 1.88. The second kappa shape index (κ2) is 5.45. The summed E-state index contributed by atoms with van der Waals surface area (Å²) >= 11 is 0. The minimum Gasteiger partial charge on any atom is -0.356 e. The van der Waals surface area contributed by atoms with E-state index in [0.29, 0.717) is 12.0 Å². The van der Waals surface area contributed by atoms with Crippen molar-refractivity contribution in [2.45, 2.75) is 51.5 Å². The Bertz CT molecular complexity index is 446. The summed E-state index contributed by atoms with van der Waals surface area (Å²) in [6, 6.07) is 0.344. The van der Waals surface area contributed by atoms with Crippen molar-refractivity contribution < 1.29 is 0 Å². The van der Waals surface area contributed by atoms with Gasteiger partial charge in [0.15, 0.2) is 0 Å². The minimum atomic E-state index is 0.344. The fourth-order valence-electron chi connectivity index (χ4n) is 3.31. The van der Waals surface area contributed by atoms with E-state index in [0.717, 1.165) is 32.4 Å². The van der Waals surface area contributed by atoms with Crippen molar-refractivity contribution in [1.29, 1.82) is 0 Å². The van der Waals surface area contributed by atoms with Crippen LogP contribution in [0.1, 0.15) is 43.9 Å². The molecule has 2 aliphatic rings. The molecule has 0 aromatic carbocycles. The van der Waals surface area contributed by atoms with E-state index in [-0.39, 0.29) is 0 Å². The van der Waals surface area contributed by atoms with Crippen LogP contribution in [0.3, 0.4) is 0 Å². The van der Waals surface area contributed by atoms with Crippen LogP contribution >= 0.6 is 0 Å². The van der Waals surface area contributed by atoms with E-state index in [2.05, 4.69) is 21.8 Å². The topological polar surface area (TPSA) is 55.0 Å². The molecule has 0 saturated carbocycles. The summed E-state index contributed by atoms with van der Waals surface area (Å²) in [7, 11) is 0. The van der Waals surface area contributed by atoms with Gasteiger partial charge in [-0.3, -0.25) is 0 Å². The number of piperidine rings is 1. The van der Waals surface area contributed by atoms with Crippen molar-refractivity contribution in [1.82, 2.24) is 9.97 Å². The van der Waals surface area contributed by atoms with Gasteiger partial charge in [-0.15, -0.1) is 0 Å². The molecular formula is C15H24N4. The van der Waals surface area contributed by atoms with Gasteiger partial charge >= 0.3 is 0 Å². The first-order valence-electron chi connectivity index (χ1n) is 7.59. The average Bonchev–Trinajstić information content (AvgIpc) is 2.67. The molecule has 2 N–H and O–H groups in total. The molecule has 1 saturated heterocycles. The van der Waals surface area contributed by atoms with Crippen LogP contribution in [0.5, 0.6) is 0 Å². The maximum absolute atomic E-state index is 6.12. The first-order chi connectivity index (χ1) is 9.25. The van der Waals surface area contributed by atoms with Gasteiger partial charge in [0.25, 0.3) is 0 Å². The van der Waals surface area contributed by atoms with E-state index in [9.17, 15) is 0 Å². The Morgan fingerprint density at radius 3 is 2.89 bits per heavy atom. The molecule has 4 heteroatoms. The fourth-order valence-corrected chi connectivity index (χ4v) is 3.31. The third-order valence-electron chi connectivity index (χ3n) is 4.62. The lowest BCUT2D eigenvalue weighted by molar-refractivity contribution is 0.380. The second-order valence-corrected chi connectivity index (χ2v) is 6.06. The molecule has 2 atom stereocenters. The molecule has 104 valence electrons. The Morgan fingerprint density at radius 2 is 2.05 bits per heavy atom. The van der Waals surface area contributed by atoms with E-state index in [1.807, 2.05) is 0 Å². The number of fused-ring (bicyclic) bond motifs is 1. The lowest BCUT2D eigenvalue weighted by atomic mass is 9.94. The summed E-state index contributed by atoms with van der Waals surface area (Å²) in [5.74, 6) is 1.73. The van der Waals surface area contributed by atoms with Gasteiger partial charge in [0.1, 0.15) is 12.1 Å². The van der Waals surface area contributed by atoms with Gasteiger partial charge in [0.05, 0.1) is 0 Å². The molecule has 0 spiro atoms. The van der Waals surface area contributed by atoms with E-state index in [4.69, 9.17) is 5.73 Å². The van der Waals surface area contributed by atoms with Crippen molar-refractivity contribution in [3.63, 3.8) is 0 Å². The van der Waals surface area contributed by atoms with Crippen molar-refractivity contribution >= 4 is 5.82 Å². The molecule has 2 unspecified atom stereocenters. The highest BCUT2D eigenvalue weighted by molar-refractivity contribution is 5.49. The smallest absolute Gasteiger partial charge is 0.135 e. The number of hydrogen-bond donors (Lipinski definition) is 1. The molecule has 19 heavy (non-hydrogen) atoms. The van der Waals surface area contributed by atoms with E-state index < -0.39 is 0 Å². The minimum absolute atomic E-state index is 0.344. The van der Waals surface area contributed by atoms with Gasteiger partial charge < -0.3 is 10.6 Å². The van der Waals surface area contributed by atoms with Crippen molar-refractivity contribution in [3.05, 3.63) is 17.6 Å². The lowest BCUT2D eigenvalue weighted by Crippen LogP contribution is -2.46. The monoisotopic (exact) mass is 260 g/mol. The van der Waals surface area contributed by atoms with Crippen molar-refractivity contribution in [2.75, 3.05) is 18.0 Å². The standard InChI is InChI=1S/C15H24N4/c1-11-9-19(8-7-13(11)16)15-12-5-3-2-4-6-14(12)17-10-18-15/h10-11,13H,2-9,16H2,1H3. The highest BCUT2D eigenvalue weighted by atomic mass is 15.2. The van der Waals surface area contributed by atoms with Crippen LogP contribution in [0.4, 0.5) is 5.82 Å². The molecule has 1 aliphatic heterocycles. The third kappa shape index (κ3) is 2.59.